The van der Waals surface area contributed by atoms with E-state index in [1.54, 1.807) is 0 Å². The summed E-state index contributed by atoms with van der Waals surface area (Å²) in [5.41, 5.74) is 0. The standard InChI is InChI=1S/C9H12N4O2S/c14-16(15,9-7-10-8-11-9)12-3-6-13-4-1-2-5-13/h1-2,4-5,7-8,12H,3,6H2,(H,10,11). The third-order valence-electron chi connectivity index (χ3n) is 2.09. The van der Waals surface area contributed by atoms with Crippen molar-refractivity contribution in [3.8, 4) is 0 Å². The van der Waals surface area contributed by atoms with Gasteiger partial charge >= 0.3 is 0 Å². The monoisotopic (exact) mass is 240 g/mol. The van der Waals surface area contributed by atoms with Crippen molar-refractivity contribution in [1.82, 2.24) is 19.3 Å². The van der Waals surface area contributed by atoms with Crippen LogP contribution in [-0.4, -0.2) is 29.5 Å². The predicted molar refractivity (Wildman–Crippen MR) is 58.2 cm³/mol. The van der Waals surface area contributed by atoms with Gasteiger partial charge in [0, 0.05) is 25.5 Å². The first-order chi connectivity index (χ1) is 7.68. The summed E-state index contributed by atoms with van der Waals surface area (Å²) in [7, 11) is -3.45. The number of rotatable bonds is 5. The number of sulfonamides is 1. The highest BCUT2D eigenvalue weighted by molar-refractivity contribution is 7.89. The fourth-order valence-corrected chi connectivity index (χ4v) is 2.22. The first kappa shape index (κ1) is 10.9. The Hall–Kier alpha value is -1.60. The van der Waals surface area contributed by atoms with Crippen molar-refractivity contribution in [3.63, 3.8) is 0 Å². The van der Waals surface area contributed by atoms with Crippen LogP contribution in [0.25, 0.3) is 0 Å². The Morgan fingerprint density at radius 3 is 2.75 bits per heavy atom. The average Bonchev–Trinajstić information content (AvgIpc) is 2.90. The van der Waals surface area contributed by atoms with Crippen molar-refractivity contribution in [2.75, 3.05) is 6.54 Å². The van der Waals surface area contributed by atoms with E-state index in [-0.39, 0.29) is 5.03 Å². The van der Waals surface area contributed by atoms with Crippen LogP contribution in [0.2, 0.25) is 0 Å². The smallest absolute Gasteiger partial charge is 0.257 e. The highest BCUT2D eigenvalue weighted by Crippen LogP contribution is 2.01. The average molecular weight is 240 g/mol. The van der Waals surface area contributed by atoms with E-state index >= 15 is 0 Å². The minimum absolute atomic E-state index is 0.0833. The van der Waals surface area contributed by atoms with Gasteiger partial charge in [-0.1, -0.05) is 0 Å². The van der Waals surface area contributed by atoms with E-state index in [9.17, 15) is 8.42 Å². The highest BCUT2D eigenvalue weighted by atomic mass is 32.2. The third-order valence-corrected chi connectivity index (χ3v) is 3.48. The maximum Gasteiger partial charge on any atom is 0.257 e. The molecule has 0 aromatic carbocycles. The molecule has 0 amide bonds. The zero-order valence-electron chi connectivity index (χ0n) is 8.50. The van der Waals surface area contributed by atoms with Crippen molar-refractivity contribution >= 4 is 10.0 Å². The van der Waals surface area contributed by atoms with Gasteiger partial charge in [0.15, 0.2) is 5.03 Å². The van der Waals surface area contributed by atoms with Crippen LogP contribution in [0.1, 0.15) is 0 Å². The number of nitrogens with one attached hydrogen (secondary N) is 2. The molecule has 0 aliphatic carbocycles. The van der Waals surface area contributed by atoms with Crippen molar-refractivity contribution in [2.45, 2.75) is 11.6 Å². The summed E-state index contributed by atoms with van der Waals surface area (Å²) in [5.74, 6) is 0. The van der Waals surface area contributed by atoms with Crippen molar-refractivity contribution in [1.29, 1.82) is 0 Å². The molecule has 0 unspecified atom stereocenters. The Morgan fingerprint density at radius 2 is 2.12 bits per heavy atom. The molecule has 2 heterocycles. The lowest BCUT2D eigenvalue weighted by Crippen LogP contribution is -2.27. The van der Waals surface area contributed by atoms with E-state index in [2.05, 4.69) is 14.7 Å². The molecule has 2 N–H and O–H groups in total. The summed E-state index contributed by atoms with van der Waals surface area (Å²) in [6, 6.07) is 3.78. The number of aromatic amines is 1. The molecule has 0 radical (unpaired) electrons. The van der Waals surface area contributed by atoms with Gasteiger partial charge in [0.05, 0.1) is 12.5 Å². The Morgan fingerprint density at radius 1 is 1.38 bits per heavy atom. The first-order valence-electron chi connectivity index (χ1n) is 4.77. The fourth-order valence-electron chi connectivity index (χ4n) is 1.30. The first-order valence-corrected chi connectivity index (χ1v) is 6.25. The number of nitrogens with zero attached hydrogens (tertiary/aromatic N) is 2. The second-order valence-corrected chi connectivity index (χ2v) is 4.97. The Kier molecular flexibility index (Phi) is 3.07. The molecule has 6 nitrogen and oxygen atoms in total. The molecular weight excluding hydrogens is 228 g/mol. The number of H-pyrrole nitrogens is 1. The number of hydrogen-bond acceptors (Lipinski definition) is 3. The summed E-state index contributed by atoms with van der Waals surface area (Å²) in [5, 5.41) is 0.0833. The summed E-state index contributed by atoms with van der Waals surface area (Å²) >= 11 is 0. The molecule has 0 fully saturated rings. The molecule has 0 aliphatic rings. The van der Waals surface area contributed by atoms with Crippen LogP contribution >= 0.6 is 0 Å². The maximum atomic E-state index is 11.6. The van der Waals surface area contributed by atoms with E-state index in [0.717, 1.165) is 0 Å². The second-order valence-electron chi connectivity index (χ2n) is 3.23. The van der Waals surface area contributed by atoms with Gasteiger partial charge < -0.3 is 9.55 Å². The largest absolute Gasteiger partial charge is 0.353 e. The van der Waals surface area contributed by atoms with Gasteiger partial charge in [-0.3, -0.25) is 0 Å². The molecule has 2 aromatic rings. The molecule has 0 bridgehead atoms. The number of hydrogen-bond donors (Lipinski definition) is 2. The molecule has 0 spiro atoms. The van der Waals surface area contributed by atoms with Crippen LogP contribution < -0.4 is 4.72 Å². The normalized spacial score (nSPS) is 11.8. The zero-order chi connectivity index (χ0) is 11.4. The number of imidazole rings is 1. The van der Waals surface area contributed by atoms with Crippen LogP contribution in [0.4, 0.5) is 0 Å². The molecule has 0 atom stereocenters. The van der Waals surface area contributed by atoms with Gasteiger partial charge in [-0.2, -0.15) is 0 Å². The van der Waals surface area contributed by atoms with E-state index in [0.29, 0.717) is 13.1 Å². The molecule has 2 rings (SSSR count). The van der Waals surface area contributed by atoms with Crippen molar-refractivity contribution in [3.05, 3.63) is 37.1 Å². The molecular formula is C9H12N4O2S. The molecule has 16 heavy (non-hydrogen) atoms. The summed E-state index contributed by atoms with van der Waals surface area (Å²) in [6.45, 7) is 0.941. The van der Waals surface area contributed by atoms with Gasteiger partial charge in [0.2, 0.25) is 0 Å². The lowest BCUT2D eigenvalue weighted by molar-refractivity contribution is 0.570. The maximum absolute atomic E-state index is 11.6. The molecule has 0 aliphatic heterocycles. The SMILES string of the molecule is O=S(=O)(NCCn1cccc1)c1cnc[nH]1. The summed E-state index contributed by atoms with van der Waals surface area (Å²) in [6.07, 6.45) is 6.37. The van der Waals surface area contributed by atoms with Crippen LogP contribution in [0, 0.1) is 0 Å². The Labute approximate surface area is 93.4 Å². The van der Waals surface area contributed by atoms with Gasteiger partial charge in [-0.15, -0.1) is 0 Å². The zero-order valence-corrected chi connectivity index (χ0v) is 9.31. The minimum Gasteiger partial charge on any atom is -0.353 e. The fraction of sp³-hybridized carbons (Fsp3) is 0.222. The highest BCUT2D eigenvalue weighted by Gasteiger charge is 2.13. The quantitative estimate of drug-likeness (QED) is 0.783. The molecule has 0 saturated heterocycles. The third kappa shape index (κ3) is 2.50. The van der Waals surface area contributed by atoms with Gasteiger partial charge in [0.25, 0.3) is 10.0 Å². The van der Waals surface area contributed by atoms with Crippen LogP contribution in [-0.2, 0) is 16.6 Å². The van der Waals surface area contributed by atoms with Crippen molar-refractivity contribution in [2.24, 2.45) is 0 Å². The second kappa shape index (κ2) is 4.50. The minimum atomic E-state index is -3.45. The molecule has 86 valence electrons. The summed E-state index contributed by atoms with van der Waals surface area (Å²) in [4.78, 5) is 6.22. The summed E-state index contributed by atoms with van der Waals surface area (Å²) < 4.78 is 27.6. The Balaban J connectivity index is 1.91. The van der Waals surface area contributed by atoms with Crippen molar-refractivity contribution < 1.29 is 8.42 Å². The lowest BCUT2D eigenvalue weighted by Gasteiger charge is -2.05. The van der Waals surface area contributed by atoms with Gasteiger partial charge in [0.1, 0.15) is 0 Å². The van der Waals surface area contributed by atoms with Gasteiger partial charge in [-0.25, -0.2) is 18.1 Å². The molecule has 2 aromatic heterocycles. The molecule has 0 saturated carbocycles. The topological polar surface area (TPSA) is 79.8 Å². The predicted octanol–water partition coefficient (Wildman–Crippen LogP) is 0.190. The van der Waals surface area contributed by atoms with E-state index < -0.39 is 10.0 Å². The van der Waals surface area contributed by atoms with E-state index in [1.807, 2.05) is 29.1 Å². The van der Waals surface area contributed by atoms with Crippen LogP contribution in [0.15, 0.2) is 42.1 Å². The lowest BCUT2D eigenvalue weighted by atomic mass is 10.6. The van der Waals surface area contributed by atoms with Crippen LogP contribution in [0.3, 0.4) is 0 Å². The van der Waals surface area contributed by atoms with E-state index in [1.165, 1.54) is 12.5 Å². The van der Waals surface area contributed by atoms with Gasteiger partial charge in [-0.05, 0) is 12.1 Å². The van der Waals surface area contributed by atoms with Crippen LogP contribution in [0.5, 0.6) is 0 Å². The van der Waals surface area contributed by atoms with E-state index in [4.69, 9.17) is 0 Å². The molecule has 7 heteroatoms. The Bertz CT molecular complexity index is 516. The number of aromatic nitrogens is 3.